The standard InChI is InChI=1S/C19H28N4O3S2/c1-10(2)7-20-18(26)21-14(24)9-27-19-22-16-15(12(5)13(6)28-16)17(25)23(19)8-11(3)4/h10-11H,7-9H2,1-6H3,(H2,20,21,24,26). The molecule has 2 aromatic rings. The van der Waals surface area contributed by atoms with Gasteiger partial charge in [0.2, 0.25) is 5.91 Å². The molecule has 9 heteroatoms. The van der Waals surface area contributed by atoms with Crippen LogP contribution in [0, 0.1) is 25.7 Å². The SMILES string of the molecule is Cc1sc2nc(SCC(=O)NC(=O)NCC(C)C)n(CC(C)C)c(=O)c2c1C. The zero-order valence-corrected chi connectivity index (χ0v) is 18.8. The maximum atomic E-state index is 13.0. The zero-order valence-electron chi connectivity index (χ0n) is 17.2. The number of hydrogen-bond donors (Lipinski definition) is 2. The van der Waals surface area contributed by atoms with Crippen molar-refractivity contribution in [1.29, 1.82) is 0 Å². The Hall–Kier alpha value is -1.87. The van der Waals surface area contributed by atoms with Gasteiger partial charge in [0, 0.05) is 18.0 Å². The molecule has 0 fully saturated rings. The van der Waals surface area contributed by atoms with Gasteiger partial charge in [-0.1, -0.05) is 39.5 Å². The van der Waals surface area contributed by atoms with Gasteiger partial charge in [0.25, 0.3) is 5.56 Å². The molecule has 0 spiro atoms. The first-order valence-corrected chi connectivity index (χ1v) is 11.1. The van der Waals surface area contributed by atoms with Gasteiger partial charge < -0.3 is 5.32 Å². The number of aromatic nitrogens is 2. The quantitative estimate of drug-likeness (QED) is 0.525. The molecule has 0 aliphatic carbocycles. The number of imide groups is 1. The van der Waals surface area contributed by atoms with Crippen molar-refractivity contribution in [2.45, 2.75) is 53.2 Å². The maximum Gasteiger partial charge on any atom is 0.321 e. The molecule has 0 saturated heterocycles. The van der Waals surface area contributed by atoms with Gasteiger partial charge in [0.15, 0.2) is 5.16 Å². The number of aryl methyl sites for hydroxylation is 2. The van der Waals surface area contributed by atoms with E-state index in [1.54, 1.807) is 4.57 Å². The summed E-state index contributed by atoms with van der Waals surface area (Å²) in [5.74, 6) is 0.144. The molecule has 2 aromatic heterocycles. The molecule has 0 aliphatic rings. The molecule has 2 N–H and O–H groups in total. The average Bonchev–Trinajstić information content (AvgIpc) is 2.88. The summed E-state index contributed by atoms with van der Waals surface area (Å²) in [6.07, 6.45) is 0. The van der Waals surface area contributed by atoms with Crippen LogP contribution in [-0.4, -0.2) is 33.8 Å². The van der Waals surface area contributed by atoms with Gasteiger partial charge in [0.1, 0.15) is 4.83 Å². The second kappa shape index (κ2) is 9.56. The van der Waals surface area contributed by atoms with Gasteiger partial charge in [-0.05, 0) is 31.2 Å². The summed E-state index contributed by atoms with van der Waals surface area (Å²) in [5, 5.41) is 6.11. The third-order valence-corrected chi connectivity index (χ3v) is 6.14. The molecule has 0 saturated carbocycles. The molecule has 2 rings (SSSR count). The molecule has 0 atom stereocenters. The van der Waals surface area contributed by atoms with Gasteiger partial charge in [-0.25, -0.2) is 9.78 Å². The van der Waals surface area contributed by atoms with Gasteiger partial charge in [-0.15, -0.1) is 11.3 Å². The van der Waals surface area contributed by atoms with Gasteiger partial charge >= 0.3 is 6.03 Å². The number of thiophene rings is 1. The van der Waals surface area contributed by atoms with E-state index < -0.39 is 11.9 Å². The lowest BCUT2D eigenvalue weighted by atomic mass is 10.2. The minimum Gasteiger partial charge on any atom is -0.338 e. The van der Waals surface area contributed by atoms with Crippen molar-refractivity contribution in [1.82, 2.24) is 20.2 Å². The Kier molecular flexibility index (Phi) is 7.65. The molecule has 7 nitrogen and oxygen atoms in total. The number of hydrogen-bond acceptors (Lipinski definition) is 6. The van der Waals surface area contributed by atoms with Crippen LogP contribution in [-0.2, 0) is 11.3 Å². The molecule has 154 valence electrons. The van der Waals surface area contributed by atoms with Crippen molar-refractivity contribution in [3.05, 3.63) is 20.8 Å². The largest absolute Gasteiger partial charge is 0.338 e. The van der Waals surface area contributed by atoms with Crippen molar-refractivity contribution in [2.24, 2.45) is 11.8 Å². The minimum absolute atomic E-state index is 0.00841. The van der Waals surface area contributed by atoms with Crippen LogP contribution < -0.4 is 16.2 Å². The van der Waals surface area contributed by atoms with Crippen molar-refractivity contribution >= 4 is 45.3 Å². The Bertz CT molecular complexity index is 931. The average molecular weight is 425 g/mol. The number of carbonyl (C=O) groups excluding carboxylic acids is 2. The van der Waals surface area contributed by atoms with E-state index in [2.05, 4.69) is 15.6 Å². The van der Waals surface area contributed by atoms with E-state index in [0.717, 1.165) is 10.4 Å². The molecule has 0 radical (unpaired) electrons. The summed E-state index contributed by atoms with van der Waals surface area (Å²) >= 11 is 2.66. The summed E-state index contributed by atoms with van der Waals surface area (Å²) in [4.78, 5) is 43.3. The smallest absolute Gasteiger partial charge is 0.321 e. The lowest BCUT2D eigenvalue weighted by Crippen LogP contribution is -2.41. The molecule has 0 unspecified atom stereocenters. The first-order valence-electron chi connectivity index (χ1n) is 9.31. The Morgan fingerprint density at radius 3 is 2.46 bits per heavy atom. The molecule has 2 heterocycles. The van der Waals surface area contributed by atoms with Crippen LogP contribution in [0.1, 0.15) is 38.1 Å². The van der Waals surface area contributed by atoms with E-state index in [4.69, 9.17) is 0 Å². The number of nitrogens with one attached hydrogen (secondary N) is 2. The summed E-state index contributed by atoms with van der Waals surface area (Å²) in [6, 6.07) is -0.508. The number of rotatable bonds is 7. The fourth-order valence-corrected chi connectivity index (χ4v) is 4.46. The second-order valence-electron chi connectivity index (χ2n) is 7.61. The van der Waals surface area contributed by atoms with Gasteiger partial charge in [0.05, 0.1) is 11.1 Å². The highest BCUT2D eigenvalue weighted by Crippen LogP contribution is 2.28. The molecular formula is C19H28N4O3S2. The van der Waals surface area contributed by atoms with E-state index in [1.165, 1.54) is 23.1 Å². The normalized spacial score (nSPS) is 11.4. The molecule has 0 aliphatic heterocycles. The van der Waals surface area contributed by atoms with E-state index >= 15 is 0 Å². The number of fused-ring (bicyclic) bond motifs is 1. The lowest BCUT2D eigenvalue weighted by molar-refractivity contribution is -0.117. The van der Waals surface area contributed by atoms with Crippen molar-refractivity contribution in [3.63, 3.8) is 0 Å². The second-order valence-corrected chi connectivity index (χ2v) is 9.75. The van der Waals surface area contributed by atoms with Crippen LogP contribution in [0.3, 0.4) is 0 Å². The van der Waals surface area contributed by atoms with E-state index in [0.29, 0.717) is 34.4 Å². The molecule has 0 aromatic carbocycles. The Morgan fingerprint density at radius 2 is 1.86 bits per heavy atom. The number of amides is 3. The monoisotopic (exact) mass is 424 g/mol. The fraction of sp³-hybridized carbons (Fsp3) is 0.579. The predicted octanol–water partition coefficient (Wildman–Crippen LogP) is 3.30. The number of carbonyl (C=O) groups is 2. The highest BCUT2D eigenvalue weighted by atomic mass is 32.2. The first-order chi connectivity index (χ1) is 13.1. The third-order valence-electron chi connectivity index (χ3n) is 4.06. The van der Waals surface area contributed by atoms with Crippen LogP contribution in [0.4, 0.5) is 4.79 Å². The van der Waals surface area contributed by atoms with Crippen molar-refractivity contribution in [2.75, 3.05) is 12.3 Å². The summed E-state index contributed by atoms with van der Waals surface area (Å²) in [5.41, 5.74) is 0.893. The predicted molar refractivity (Wildman–Crippen MR) is 115 cm³/mol. The topological polar surface area (TPSA) is 93.1 Å². The summed E-state index contributed by atoms with van der Waals surface area (Å²) < 4.78 is 1.64. The fourth-order valence-electron chi connectivity index (χ4n) is 2.58. The van der Waals surface area contributed by atoms with Gasteiger partial charge in [-0.2, -0.15) is 0 Å². The van der Waals surface area contributed by atoms with Crippen LogP contribution in [0.2, 0.25) is 0 Å². The van der Waals surface area contributed by atoms with Crippen LogP contribution in [0.25, 0.3) is 10.2 Å². The number of thioether (sulfide) groups is 1. The molecule has 3 amide bonds. The molecular weight excluding hydrogens is 396 g/mol. The maximum absolute atomic E-state index is 13.0. The first kappa shape index (κ1) is 22.4. The number of urea groups is 1. The number of nitrogens with zero attached hydrogens (tertiary/aromatic N) is 2. The van der Waals surface area contributed by atoms with Crippen LogP contribution >= 0.6 is 23.1 Å². The zero-order chi connectivity index (χ0) is 21.0. The minimum atomic E-state index is -0.508. The van der Waals surface area contributed by atoms with Gasteiger partial charge in [-0.3, -0.25) is 19.5 Å². The van der Waals surface area contributed by atoms with Crippen LogP contribution in [0.5, 0.6) is 0 Å². The Balaban J connectivity index is 2.20. The highest BCUT2D eigenvalue weighted by Gasteiger charge is 2.18. The Labute approximate surface area is 173 Å². The highest BCUT2D eigenvalue weighted by molar-refractivity contribution is 7.99. The van der Waals surface area contributed by atoms with E-state index in [-0.39, 0.29) is 17.2 Å². The van der Waals surface area contributed by atoms with Crippen LogP contribution in [0.15, 0.2) is 9.95 Å². The Morgan fingerprint density at radius 1 is 1.18 bits per heavy atom. The molecule has 28 heavy (non-hydrogen) atoms. The van der Waals surface area contributed by atoms with Crippen molar-refractivity contribution in [3.8, 4) is 0 Å². The lowest BCUT2D eigenvalue weighted by Gasteiger charge is -2.14. The van der Waals surface area contributed by atoms with E-state index in [1.807, 2.05) is 41.5 Å². The summed E-state index contributed by atoms with van der Waals surface area (Å²) in [6.45, 7) is 12.9. The summed E-state index contributed by atoms with van der Waals surface area (Å²) in [7, 11) is 0. The van der Waals surface area contributed by atoms with Crippen molar-refractivity contribution < 1.29 is 9.59 Å². The molecule has 0 bridgehead atoms. The third kappa shape index (κ3) is 5.57. The van der Waals surface area contributed by atoms with E-state index in [9.17, 15) is 14.4 Å².